The molecule has 1 aromatic carbocycles. The first-order chi connectivity index (χ1) is 15.3. The van der Waals surface area contributed by atoms with Gasteiger partial charge in [0, 0.05) is 7.05 Å². The Bertz CT molecular complexity index is 737. The van der Waals surface area contributed by atoms with E-state index in [4.69, 9.17) is 9.47 Å². The lowest BCUT2D eigenvalue weighted by molar-refractivity contribution is -0.168. The van der Waals surface area contributed by atoms with Crippen LogP contribution in [0.2, 0.25) is 0 Å². The van der Waals surface area contributed by atoms with Gasteiger partial charge in [-0.2, -0.15) is 0 Å². The van der Waals surface area contributed by atoms with Gasteiger partial charge in [-0.05, 0) is 31.7 Å². The zero-order chi connectivity index (χ0) is 23.5. The standard InChI is InChI=1S/C25H37NO6/c1-4-5-6-7-11-14-22-18(2)25(30)31-17-23(28)26(3)20(21(27)16-24(29)32-22)15-19-12-9-8-10-13-19/h8-10,12-13,18,20-22,27H,4-7,11,14-17H2,1-3H3/t18-,20-,21+,22+/m0/s1. The summed E-state index contributed by atoms with van der Waals surface area (Å²) >= 11 is 0. The van der Waals surface area contributed by atoms with Crippen LogP contribution in [0.15, 0.2) is 30.3 Å². The smallest absolute Gasteiger partial charge is 0.312 e. The zero-order valence-corrected chi connectivity index (χ0v) is 19.5. The number of hydrogen-bond donors (Lipinski definition) is 1. The summed E-state index contributed by atoms with van der Waals surface area (Å²) in [5.41, 5.74) is 0.923. The van der Waals surface area contributed by atoms with Crippen LogP contribution in [0.5, 0.6) is 0 Å². The number of aliphatic hydroxyl groups excluding tert-OH is 1. The predicted octanol–water partition coefficient (Wildman–Crippen LogP) is 3.27. The van der Waals surface area contributed by atoms with Crippen LogP contribution in [0.4, 0.5) is 0 Å². The van der Waals surface area contributed by atoms with Crippen molar-refractivity contribution < 1.29 is 29.0 Å². The molecule has 7 nitrogen and oxygen atoms in total. The van der Waals surface area contributed by atoms with Crippen LogP contribution in [-0.2, 0) is 30.3 Å². The average molecular weight is 448 g/mol. The summed E-state index contributed by atoms with van der Waals surface area (Å²) in [6, 6.07) is 8.78. The minimum Gasteiger partial charge on any atom is -0.461 e. The van der Waals surface area contributed by atoms with Gasteiger partial charge in [-0.25, -0.2) is 0 Å². The second-order valence-corrected chi connectivity index (χ2v) is 8.66. The number of likely N-dealkylation sites (N-methyl/N-ethyl adjacent to an activating group) is 1. The Morgan fingerprint density at radius 1 is 1.06 bits per heavy atom. The molecule has 1 amide bonds. The molecule has 32 heavy (non-hydrogen) atoms. The monoisotopic (exact) mass is 447 g/mol. The molecular formula is C25H37NO6. The third kappa shape index (κ3) is 7.93. The summed E-state index contributed by atoms with van der Waals surface area (Å²) < 4.78 is 10.9. The maximum Gasteiger partial charge on any atom is 0.312 e. The zero-order valence-electron chi connectivity index (χ0n) is 19.5. The molecule has 2 rings (SSSR count). The number of esters is 2. The van der Waals surface area contributed by atoms with Crippen molar-refractivity contribution in [1.82, 2.24) is 4.90 Å². The number of carbonyl (C=O) groups excluding carboxylic acids is 3. The molecule has 0 saturated carbocycles. The molecule has 4 atom stereocenters. The number of hydrogen-bond acceptors (Lipinski definition) is 6. The molecule has 0 unspecified atom stereocenters. The molecule has 0 spiro atoms. The molecule has 0 aromatic heterocycles. The van der Waals surface area contributed by atoms with E-state index < -0.39 is 48.6 Å². The number of carbonyl (C=O) groups is 3. The van der Waals surface area contributed by atoms with E-state index in [0.29, 0.717) is 12.8 Å². The molecule has 178 valence electrons. The SMILES string of the molecule is CCCCCCC[C@H]1OC(=O)C[C@@H](O)[C@H](Cc2ccccc2)N(C)C(=O)COC(=O)[C@H]1C. The minimum atomic E-state index is -1.10. The lowest BCUT2D eigenvalue weighted by Gasteiger charge is -2.33. The van der Waals surface area contributed by atoms with E-state index in [9.17, 15) is 19.5 Å². The molecule has 0 bridgehead atoms. The molecule has 1 aromatic rings. The van der Waals surface area contributed by atoms with Crippen molar-refractivity contribution in [3.8, 4) is 0 Å². The first kappa shape index (κ1) is 25.8. The molecule has 0 radical (unpaired) electrons. The second-order valence-electron chi connectivity index (χ2n) is 8.66. The maximum absolute atomic E-state index is 12.7. The molecule has 0 aliphatic carbocycles. The van der Waals surface area contributed by atoms with Gasteiger partial charge in [0.2, 0.25) is 0 Å². The van der Waals surface area contributed by atoms with E-state index in [2.05, 4.69) is 6.92 Å². The van der Waals surface area contributed by atoms with Crippen molar-refractivity contribution in [2.24, 2.45) is 5.92 Å². The summed E-state index contributed by atoms with van der Waals surface area (Å²) in [7, 11) is 1.55. The van der Waals surface area contributed by atoms with E-state index in [1.165, 1.54) is 4.90 Å². The molecule has 1 fully saturated rings. The van der Waals surface area contributed by atoms with Gasteiger partial charge in [0.05, 0.1) is 24.5 Å². The fourth-order valence-corrected chi connectivity index (χ4v) is 3.97. The highest BCUT2D eigenvalue weighted by Crippen LogP contribution is 2.21. The van der Waals surface area contributed by atoms with Crippen LogP contribution in [0, 0.1) is 5.92 Å². The number of unbranched alkanes of at least 4 members (excludes halogenated alkanes) is 4. The Labute approximate surface area is 191 Å². The van der Waals surface area contributed by atoms with Crippen LogP contribution >= 0.6 is 0 Å². The number of ether oxygens (including phenoxy) is 2. The lowest BCUT2D eigenvalue weighted by atomic mass is 9.96. The number of rotatable bonds is 8. The summed E-state index contributed by atoms with van der Waals surface area (Å²) in [6.45, 7) is 3.39. The third-order valence-electron chi connectivity index (χ3n) is 6.14. The highest BCUT2D eigenvalue weighted by molar-refractivity contribution is 5.82. The Balaban J connectivity index is 2.14. The molecule has 1 N–H and O–H groups in total. The molecule has 7 heteroatoms. The average Bonchev–Trinajstić information content (AvgIpc) is 2.78. The highest BCUT2D eigenvalue weighted by atomic mass is 16.6. The fraction of sp³-hybridized carbons (Fsp3) is 0.640. The highest BCUT2D eigenvalue weighted by Gasteiger charge is 2.34. The molecule has 1 heterocycles. The number of benzene rings is 1. The van der Waals surface area contributed by atoms with Gasteiger partial charge in [-0.1, -0.05) is 62.9 Å². The first-order valence-corrected chi connectivity index (χ1v) is 11.7. The van der Waals surface area contributed by atoms with Crippen molar-refractivity contribution in [2.75, 3.05) is 13.7 Å². The van der Waals surface area contributed by atoms with Crippen molar-refractivity contribution in [1.29, 1.82) is 0 Å². The van der Waals surface area contributed by atoms with Crippen molar-refractivity contribution >= 4 is 17.8 Å². The first-order valence-electron chi connectivity index (χ1n) is 11.7. The number of aliphatic hydroxyl groups is 1. The normalized spacial score (nSPS) is 25.5. The number of amides is 1. The molecular weight excluding hydrogens is 410 g/mol. The maximum atomic E-state index is 12.7. The van der Waals surface area contributed by atoms with Crippen LogP contribution in [0.3, 0.4) is 0 Å². The topological polar surface area (TPSA) is 93.1 Å². The lowest BCUT2D eigenvalue weighted by Crippen LogP contribution is -2.49. The van der Waals surface area contributed by atoms with Crippen LogP contribution in [0.1, 0.15) is 64.4 Å². The Hall–Kier alpha value is -2.41. The Morgan fingerprint density at radius 3 is 2.44 bits per heavy atom. The Kier molecular flexibility index (Phi) is 10.7. The van der Waals surface area contributed by atoms with E-state index >= 15 is 0 Å². The van der Waals surface area contributed by atoms with E-state index in [0.717, 1.165) is 37.7 Å². The van der Waals surface area contributed by atoms with Gasteiger partial charge in [0.15, 0.2) is 6.61 Å². The van der Waals surface area contributed by atoms with Gasteiger partial charge in [-0.3, -0.25) is 14.4 Å². The summed E-state index contributed by atoms with van der Waals surface area (Å²) in [6.07, 6.45) is 4.12. The number of nitrogens with zero attached hydrogens (tertiary/aromatic N) is 1. The second kappa shape index (κ2) is 13.2. The third-order valence-corrected chi connectivity index (χ3v) is 6.14. The van der Waals surface area contributed by atoms with Crippen molar-refractivity contribution in [3.05, 3.63) is 35.9 Å². The predicted molar refractivity (Wildman–Crippen MR) is 121 cm³/mol. The minimum absolute atomic E-state index is 0.247. The fourth-order valence-electron chi connectivity index (χ4n) is 3.97. The van der Waals surface area contributed by atoms with Crippen LogP contribution < -0.4 is 0 Å². The van der Waals surface area contributed by atoms with E-state index in [1.807, 2.05) is 30.3 Å². The molecule has 1 saturated heterocycles. The van der Waals surface area contributed by atoms with Crippen molar-refractivity contribution in [2.45, 2.75) is 83.5 Å². The number of cyclic esters (lactones) is 2. The van der Waals surface area contributed by atoms with E-state index in [-0.39, 0.29) is 6.42 Å². The van der Waals surface area contributed by atoms with Gasteiger partial charge in [0.25, 0.3) is 5.91 Å². The van der Waals surface area contributed by atoms with Gasteiger partial charge in [0.1, 0.15) is 6.10 Å². The van der Waals surface area contributed by atoms with Crippen LogP contribution in [-0.4, -0.2) is 59.8 Å². The molecule has 1 aliphatic heterocycles. The summed E-state index contributed by atoms with van der Waals surface area (Å²) in [5, 5.41) is 10.8. The van der Waals surface area contributed by atoms with Gasteiger partial charge >= 0.3 is 11.9 Å². The Morgan fingerprint density at radius 2 is 1.75 bits per heavy atom. The molecule has 1 aliphatic rings. The van der Waals surface area contributed by atoms with Crippen molar-refractivity contribution in [3.63, 3.8) is 0 Å². The van der Waals surface area contributed by atoms with Crippen LogP contribution in [0.25, 0.3) is 0 Å². The quantitative estimate of drug-likeness (QED) is 0.486. The summed E-state index contributed by atoms with van der Waals surface area (Å²) in [5.74, 6) is -2.23. The largest absolute Gasteiger partial charge is 0.461 e. The van der Waals surface area contributed by atoms with Gasteiger partial charge in [-0.15, -0.1) is 0 Å². The van der Waals surface area contributed by atoms with Gasteiger partial charge < -0.3 is 19.5 Å². The summed E-state index contributed by atoms with van der Waals surface area (Å²) in [4.78, 5) is 39.2. The van der Waals surface area contributed by atoms with E-state index in [1.54, 1.807) is 14.0 Å².